The zero-order valence-electron chi connectivity index (χ0n) is 12.1. The van der Waals surface area contributed by atoms with Crippen molar-refractivity contribution in [1.82, 2.24) is 0 Å². The minimum atomic E-state index is -8.32. The van der Waals surface area contributed by atoms with Gasteiger partial charge in [0.15, 0.2) is 0 Å². The summed E-state index contributed by atoms with van der Waals surface area (Å²) >= 11 is 0. The van der Waals surface area contributed by atoms with Gasteiger partial charge in [0.25, 0.3) is 0 Å². The van der Waals surface area contributed by atoms with Gasteiger partial charge in [-0.15, -0.1) is 0 Å². The van der Waals surface area contributed by atoms with Crippen LogP contribution in [0.5, 0.6) is 0 Å². The highest BCUT2D eigenvalue weighted by Crippen LogP contribution is 2.57. The molecular formula is C8F16O4S. The lowest BCUT2D eigenvalue weighted by Crippen LogP contribution is -2.69. The van der Waals surface area contributed by atoms with Gasteiger partial charge in [0.05, 0.1) is 0 Å². The Kier molecular flexibility index (Phi) is 6.82. The van der Waals surface area contributed by atoms with Crippen LogP contribution in [0.2, 0.25) is 0 Å². The van der Waals surface area contributed by atoms with Gasteiger partial charge >= 0.3 is 57.7 Å². The van der Waals surface area contributed by atoms with E-state index in [0.717, 1.165) is 0 Å². The molecule has 0 aliphatic heterocycles. The first-order valence-corrected chi connectivity index (χ1v) is 6.98. The van der Waals surface area contributed by atoms with Gasteiger partial charge < -0.3 is 4.74 Å². The average Bonchev–Trinajstić information content (AvgIpc) is 2.42. The zero-order valence-corrected chi connectivity index (χ0v) is 12.9. The molecular weight excluding hydrogens is 496 g/mol. The second-order valence-corrected chi connectivity index (χ2v) is 5.78. The fourth-order valence-corrected chi connectivity index (χ4v) is 1.60. The third kappa shape index (κ3) is 4.58. The number of rotatable bonds is 7. The summed E-state index contributed by atoms with van der Waals surface area (Å²) in [5.41, 5.74) is 0. The standard InChI is InChI=1S/C8F16O4S/c9-1(10)2(11)27-7(20,21)3(12,5(14,15)16)28-4(13,6(17,18)19)8(22,23)29(24,25)26. The molecule has 0 amide bonds. The fraction of sp³-hybridized carbons (Fsp3) is 0.750. The molecule has 29 heavy (non-hydrogen) atoms. The van der Waals surface area contributed by atoms with Gasteiger partial charge in [0, 0.05) is 0 Å². The smallest absolute Gasteiger partial charge is 0.398 e. The highest BCUT2D eigenvalue weighted by Gasteiger charge is 2.87. The predicted molar refractivity (Wildman–Crippen MR) is 52.2 cm³/mol. The molecule has 2 atom stereocenters. The maximum absolute atomic E-state index is 13.6. The van der Waals surface area contributed by atoms with Gasteiger partial charge in [-0.3, -0.25) is 4.74 Å². The second-order valence-electron chi connectivity index (χ2n) is 4.40. The van der Waals surface area contributed by atoms with Crippen molar-refractivity contribution in [2.24, 2.45) is 0 Å². The number of halogens is 16. The van der Waals surface area contributed by atoms with Crippen LogP contribution in [0.1, 0.15) is 0 Å². The molecule has 0 N–H and O–H groups in total. The van der Waals surface area contributed by atoms with Crippen LogP contribution in [0.25, 0.3) is 0 Å². The summed E-state index contributed by atoms with van der Waals surface area (Å²) in [5.74, 6) is -16.0. The first-order chi connectivity index (χ1) is 12.3. The van der Waals surface area contributed by atoms with Crippen molar-refractivity contribution in [1.29, 1.82) is 0 Å². The molecule has 0 aromatic carbocycles. The molecule has 174 valence electrons. The van der Waals surface area contributed by atoms with Crippen LogP contribution in [0.15, 0.2) is 12.1 Å². The molecule has 21 heteroatoms. The molecule has 0 spiro atoms. The molecule has 0 aliphatic rings. The Morgan fingerprint density at radius 3 is 1.24 bits per heavy atom. The molecule has 0 saturated carbocycles. The zero-order chi connectivity index (χ0) is 24.1. The fourth-order valence-electron chi connectivity index (χ4n) is 1.13. The van der Waals surface area contributed by atoms with E-state index in [0.29, 0.717) is 0 Å². The minimum absolute atomic E-state index is 1.33. The summed E-state index contributed by atoms with van der Waals surface area (Å²) < 4.78 is 225. The molecule has 4 nitrogen and oxygen atoms in total. The Morgan fingerprint density at radius 2 is 1.00 bits per heavy atom. The normalized spacial score (nSPS) is 18.6. The monoisotopic (exact) mass is 496 g/mol. The summed E-state index contributed by atoms with van der Waals surface area (Å²) in [4.78, 5) is 0. The second kappa shape index (κ2) is 7.23. The molecule has 0 heterocycles. The molecule has 0 saturated heterocycles. The summed E-state index contributed by atoms with van der Waals surface area (Å²) in [6.07, 6.45) is -27.4. The van der Waals surface area contributed by atoms with Crippen molar-refractivity contribution < 1.29 is 87.6 Å². The van der Waals surface area contributed by atoms with E-state index in [1.54, 1.807) is 4.74 Å². The SMILES string of the molecule is O=S(=O)(F)C(F)(F)C(F)(OC(F)(C(F)(F)F)C(F)(F)OC(F)=C(F)F)C(F)(F)F. The quantitative estimate of drug-likeness (QED) is 0.283. The number of ether oxygens (including phenoxy) is 2. The molecule has 0 radical (unpaired) electrons. The van der Waals surface area contributed by atoms with Gasteiger partial charge in [-0.2, -0.15) is 74.3 Å². The van der Waals surface area contributed by atoms with Crippen LogP contribution in [0.4, 0.5) is 69.7 Å². The van der Waals surface area contributed by atoms with Crippen molar-refractivity contribution in [2.75, 3.05) is 0 Å². The van der Waals surface area contributed by atoms with Crippen molar-refractivity contribution >= 4 is 10.2 Å². The van der Waals surface area contributed by atoms with Crippen LogP contribution in [-0.4, -0.2) is 43.8 Å². The van der Waals surface area contributed by atoms with Crippen LogP contribution < -0.4 is 0 Å². The molecule has 2 unspecified atom stereocenters. The third-order valence-electron chi connectivity index (χ3n) is 2.43. The Morgan fingerprint density at radius 1 is 0.655 bits per heavy atom. The lowest BCUT2D eigenvalue weighted by Gasteiger charge is -2.40. The third-order valence-corrected chi connectivity index (χ3v) is 3.31. The Labute approximate surface area is 146 Å². The number of alkyl halides is 12. The maximum Gasteiger partial charge on any atom is 0.471 e. The highest BCUT2D eigenvalue weighted by molar-refractivity contribution is 7.87. The van der Waals surface area contributed by atoms with Crippen LogP contribution in [0.3, 0.4) is 0 Å². The summed E-state index contributed by atoms with van der Waals surface area (Å²) in [7, 11) is -8.32. The van der Waals surface area contributed by atoms with E-state index in [-0.39, 0.29) is 0 Å². The van der Waals surface area contributed by atoms with Crippen LogP contribution in [0, 0.1) is 0 Å². The van der Waals surface area contributed by atoms with Gasteiger partial charge in [0.2, 0.25) is 0 Å². The first-order valence-electron chi connectivity index (χ1n) is 5.59. The highest BCUT2D eigenvalue weighted by atomic mass is 32.3. The van der Waals surface area contributed by atoms with E-state index >= 15 is 0 Å². The summed E-state index contributed by atoms with van der Waals surface area (Å²) in [6.45, 7) is 0. The van der Waals surface area contributed by atoms with Crippen molar-refractivity contribution in [3.05, 3.63) is 12.1 Å². The Bertz CT molecular complexity index is 748. The van der Waals surface area contributed by atoms with E-state index in [9.17, 15) is 78.2 Å². The van der Waals surface area contributed by atoms with Gasteiger partial charge in [-0.25, -0.2) is 0 Å². The minimum Gasteiger partial charge on any atom is -0.398 e. The lowest BCUT2D eigenvalue weighted by molar-refractivity contribution is -0.518. The number of hydrogen-bond acceptors (Lipinski definition) is 4. The Balaban J connectivity index is 6.93. The van der Waals surface area contributed by atoms with E-state index < -0.39 is 57.7 Å². The van der Waals surface area contributed by atoms with Crippen LogP contribution in [-0.2, 0) is 19.7 Å². The van der Waals surface area contributed by atoms with Gasteiger partial charge in [-0.05, 0) is 0 Å². The molecule has 0 aromatic rings. The van der Waals surface area contributed by atoms with Crippen molar-refractivity contribution in [3.8, 4) is 0 Å². The van der Waals surface area contributed by atoms with E-state index in [4.69, 9.17) is 0 Å². The first kappa shape index (κ1) is 27.3. The average molecular weight is 496 g/mol. The largest absolute Gasteiger partial charge is 0.471 e. The van der Waals surface area contributed by atoms with Gasteiger partial charge in [0.1, 0.15) is 0 Å². The van der Waals surface area contributed by atoms with Crippen molar-refractivity contribution in [2.45, 2.75) is 35.4 Å². The predicted octanol–water partition coefficient (Wildman–Crippen LogP) is 5.00. The van der Waals surface area contributed by atoms with Crippen LogP contribution >= 0.6 is 0 Å². The Hall–Kier alpha value is -1.67. The molecule has 0 rings (SSSR count). The number of hydrogen-bond donors (Lipinski definition) is 0. The summed E-state index contributed by atoms with van der Waals surface area (Å²) in [5, 5.41) is -7.89. The molecule has 0 fully saturated rings. The van der Waals surface area contributed by atoms with Gasteiger partial charge in [-0.1, -0.05) is 3.89 Å². The molecule has 0 aromatic heterocycles. The van der Waals surface area contributed by atoms with E-state index in [2.05, 4.69) is 0 Å². The van der Waals surface area contributed by atoms with Crippen molar-refractivity contribution in [3.63, 3.8) is 0 Å². The lowest BCUT2D eigenvalue weighted by atomic mass is 10.2. The topological polar surface area (TPSA) is 52.6 Å². The van der Waals surface area contributed by atoms with E-state index in [1.165, 1.54) is 4.74 Å². The molecule has 0 bridgehead atoms. The molecule has 0 aliphatic carbocycles. The maximum atomic E-state index is 13.6. The summed E-state index contributed by atoms with van der Waals surface area (Å²) in [6, 6.07) is -4.13. The van der Waals surface area contributed by atoms with E-state index in [1.807, 2.05) is 0 Å².